The van der Waals surface area contributed by atoms with Crippen LogP contribution in [0.2, 0.25) is 0 Å². The van der Waals surface area contributed by atoms with Crippen molar-refractivity contribution < 1.29 is 4.74 Å². The number of nitrogens with one attached hydrogen (secondary N) is 1. The number of aromatic nitrogens is 1. The van der Waals surface area contributed by atoms with Crippen molar-refractivity contribution in [2.24, 2.45) is 5.92 Å². The minimum atomic E-state index is 0.307. The fourth-order valence-electron chi connectivity index (χ4n) is 3.45. The molecular weight excluding hydrogens is 248 g/mol. The van der Waals surface area contributed by atoms with E-state index in [9.17, 15) is 0 Å². The van der Waals surface area contributed by atoms with Crippen LogP contribution in [0, 0.1) is 5.92 Å². The number of hydrogen-bond donors (Lipinski definition) is 1. The Bertz CT molecular complexity index is 579. The van der Waals surface area contributed by atoms with Gasteiger partial charge < -0.3 is 10.1 Å². The second-order valence-electron chi connectivity index (χ2n) is 5.49. The van der Waals surface area contributed by atoms with E-state index >= 15 is 0 Å². The van der Waals surface area contributed by atoms with Crippen LogP contribution in [0.4, 0.5) is 0 Å². The molecule has 106 valence electrons. The summed E-state index contributed by atoms with van der Waals surface area (Å²) in [5, 5.41) is 6.00. The van der Waals surface area contributed by atoms with Gasteiger partial charge in [0.15, 0.2) is 0 Å². The number of ether oxygens (including phenoxy) is 1. The number of rotatable bonds is 4. The van der Waals surface area contributed by atoms with Crippen molar-refractivity contribution in [1.29, 1.82) is 0 Å². The third-order valence-electron chi connectivity index (χ3n) is 4.44. The summed E-state index contributed by atoms with van der Waals surface area (Å²) in [4.78, 5) is 4.42. The molecule has 0 spiro atoms. The molecular formula is C17H22N2O. The maximum Gasteiger partial charge on any atom is 0.0619 e. The van der Waals surface area contributed by atoms with Gasteiger partial charge in [0.05, 0.1) is 6.10 Å². The second kappa shape index (κ2) is 5.90. The molecule has 1 aliphatic heterocycles. The zero-order chi connectivity index (χ0) is 13.9. The first-order valence-electron chi connectivity index (χ1n) is 7.46. The zero-order valence-corrected chi connectivity index (χ0v) is 12.2. The van der Waals surface area contributed by atoms with Gasteiger partial charge >= 0.3 is 0 Å². The van der Waals surface area contributed by atoms with Crippen LogP contribution in [0.3, 0.4) is 0 Å². The maximum atomic E-state index is 5.87. The summed E-state index contributed by atoms with van der Waals surface area (Å²) in [6.07, 6.45) is 6.49. The highest BCUT2D eigenvalue weighted by molar-refractivity contribution is 5.85. The lowest BCUT2D eigenvalue weighted by Crippen LogP contribution is -2.30. The molecule has 0 saturated carbocycles. The first-order valence-corrected chi connectivity index (χ1v) is 7.46. The summed E-state index contributed by atoms with van der Waals surface area (Å²) < 4.78 is 5.87. The van der Waals surface area contributed by atoms with Gasteiger partial charge in [-0.2, -0.15) is 0 Å². The molecule has 0 aliphatic carbocycles. The summed E-state index contributed by atoms with van der Waals surface area (Å²) >= 11 is 0. The van der Waals surface area contributed by atoms with Crippen molar-refractivity contribution >= 4 is 10.8 Å². The Labute approximate surface area is 120 Å². The molecule has 1 saturated heterocycles. The molecule has 3 nitrogen and oxygen atoms in total. The van der Waals surface area contributed by atoms with Gasteiger partial charge in [0.2, 0.25) is 0 Å². The fourth-order valence-corrected chi connectivity index (χ4v) is 3.45. The minimum Gasteiger partial charge on any atom is -0.378 e. The molecule has 2 aromatic rings. The van der Waals surface area contributed by atoms with Gasteiger partial charge in [-0.15, -0.1) is 0 Å². The van der Waals surface area contributed by atoms with E-state index in [2.05, 4.69) is 41.5 Å². The standard InChI is InChI=1S/C17H22N2O/c1-3-16-14(8-9-20-16)17(18-2)15-11-19-10-12-6-4-5-7-13(12)15/h4-7,10-11,14,16-18H,3,8-9H2,1-2H3. The van der Waals surface area contributed by atoms with Crippen molar-refractivity contribution in [3.8, 4) is 0 Å². The average Bonchev–Trinajstić information content (AvgIpc) is 2.97. The third kappa shape index (κ3) is 2.32. The molecule has 0 bridgehead atoms. The predicted molar refractivity (Wildman–Crippen MR) is 81.7 cm³/mol. The highest BCUT2D eigenvalue weighted by Gasteiger charge is 2.34. The molecule has 1 N–H and O–H groups in total. The largest absolute Gasteiger partial charge is 0.378 e. The van der Waals surface area contributed by atoms with Crippen LogP contribution < -0.4 is 5.32 Å². The smallest absolute Gasteiger partial charge is 0.0619 e. The van der Waals surface area contributed by atoms with Gasteiger partial charge in [0.1, 0.15) is 0 Å². The van der Waals surface area contributed by atoms with Crippen LogP contribution in [-0.2, 0) is 4.74 Å². The molecule has 1 fully saturated rings. The van der Waals surface area contributed by atoms with Crippen LogP contribution in [0.15, 0.2) is 36.7 Å². The van der Waals surface area contributed by atoms with E-state index in [4.69, 9.17) is 4.74 Å². The van der Waals surface area contributed by atoms with Crippen LogP contribution >= 0.6 is 0 Å². The number of pyridine rings is 1. The molecule has 3 rings (SSSR count). The van der Waals surface area contributed by atoms with Gasteiger partial charge in [-0.3, -0.25) is 4.98 Å². The monoisotopic (exact) mass is 270 g/mol. The molecule has 2 heterocycles. The number of benzene rings is 1. The topological polar surface area (TPSA) is 34.1 Å². The first kappa shape index (κ1) is 13.5. The summed E-state index contributed by atoms with van der Waals surface area (Å²) in [5.74, 6) is 0.526. The van der Waals surface area contributed by atoms with Gasteiger partial charge in [-0.1, -0.05) is 31.2 Å². The fraction of sp³-hybridized carbons (Fsp3) is 0.471. The Hall–Kier alpha value is -1.45. The molecule has 3 atom stereocenters. The summed E-state index contributed by atoms with van der Waals surface area (Å²) in [5.41, 5.74) is 1.29. The molecule has 1 aromatic heterocycles. The zero-order valence-electron chi connectivity index (χ0n) is 12.2. The Morgan fingerprint density at radius 3 is 3.00 bits per heavy atom. The molecule has 20 heavy (non-hydrogen) atoms. The van der Waals surface area contributed by atoms with Gasteiger partial charge in [0.25, 0.3) is 0 Å². The Kier molecular flexibility index (Phi) is 3.99. The van der Waals surface area contributed by atoms with Crippen molar-refractivity contribution in [2.45, 2.75) is 31.9 Å². The highest BCUT2D eigenvalue weighted by Crippen LogP contribution is 2.36. The van der Waals surface area contributed by atoms with E-state index in [1.807, 2.05) is 19.4 Å². The molecule has 0 radical (unpaired) electrons. The average molecular weight is 270 g/mol. The van der Waals surface area contributed by atoms with Gasteiger partial charge in [-0.25, -0.2) is 0 Å². The normalized spacial score (nSPS) is 24.1. The van der Waals surface area contributed by atoms with Crippen LogP contribution in [0.5, 0.6) is 0 Å². The summed E-state index contributed by atoms with van der Waals surface area (Å²) in [7, 11) is 2.04. The SMILES string of the molecule is CCC1OCCC1C(NC)c1cncc2ccccc12. The van der Waals surface area contributed by atoms with E-state index in [1.165, 1.54) is 16.3 Å². The van der Waals surface area contributed by atoms with E-state index in [1.54, 1.807) is 0 Å². The molecule has 0 amide bonds. The van der Waals surface area contributed by atoms with E-state index in [0.717, 1.165) is 19.4 Å². The van der Waals surface area contributed by atoms with Gasteiger partial charge in [0, 0.05) is 36.3 Å². The summed E-state index contributed by atoms with van der Waals surface area (Å²) in [6, 6.07) is 8.78. The van der Waals surface area contributed by atoms with Crippen LogP contribution in [-0.4, -0.2) is 24.7 Å². The first-order chi connectivity index (χ1) is 9.85. The Balaban J connectivity index is 2.03. The lowest BCUT2D eigenvalue weighted by Gasteiger charge is -2.28. The molecule has 1 aromatic carbocycles. The highest BCUT2D eigenvalue weighted by atomic mass is 16.5. The van der Waals surface area contributed by atoms with Crippen molar-refractivity contribution in [3.63, 3.8) is 0 Å². The third-order valence-corrected chi connectivity index (χ3v) is 4.44. The second-order valence-corrected chi connectivity index (χ2v) is 5.49. The van der Waals surface area contributed by atoms with Crippen LogP contribution in [0.1, 0.15) is 31.4 Å². The van der Waals surface area contributed by atoms with Crippen molar-refractivity contribution in [3.05, 3.63) is 42.2 Å². The van der Waals surface area contributed by atoms with E-state index in [0.29, 0.717) is 18.1 Å². The number of fused-ring (bicyclic) bond motifs is 1. The van der Waals surface area contributed by atoms with Crippen molar-refractivity contribution in [1.82, 2.24) is 10.3 Å². The van der Waals surface area contributed by atoms with E-state index in [-0.39, 0.29) is 0 Å². The molecule has 3 heteroatoms. The predicted octanol–water partition coefficient (Wildman–Crippen LogP) is 3.31. The lowest BCUT2D eigenvalue weighted by atomic mass is 9.85. The Morgan fingerprint density at radius 1 is 1.35 bits per heavy atom. The quantitative estimate of drug-likeness (QED) is 0.925. The van der Waals surface area contributed by atoms with Gasteiger partial charge in [-0.05, 0) is 30.8 Å². The van der Waals surface area contributed by atoms with Crippen molar-refractivity contribution in [2.75, 3.05) is 13.7 Å². The van der Waals surface area contributed by atoms with Crippen LogP contribution in [0.25, 0.3) is 10.8 Å². The molecule has 1 aliphatic rings. The minimum absolute atomic E-state index is 0.307. The molecule has 3 unspecified atom stereocenters. The summed E-state index contributed by atoms with van der Waals surface area (Å²) in [6.45, 7) is 3.08. The lowest BCUT2D eigenvalue weighted by molar-refractivity contribution is 0.0783. The number of nitrogens with zero attached hydrogens (tertiary/aromatic N) is 1. The Morgan fingerprint density at radius 2 is 2.20 bits per heavy atom. The number of hydrogen-bond acceptors (Lipinski definition) is 3. The maximum absolute atomic E-state index is 5.87. The van der Waals surface area contributed by atoms with E-state index < -0.39 is 0 Å².